The van der Waals surface area contributed by atoms with Crippen LogP contribution >= 0.6 is 24.0 Å². The third-order valence-electron chi connectivity index (χ3n) is 3.71. The van der Waals surface area contributed by atoms with Crippen molar-refractivity contribution in [2.24, 2.45) is 4.99 Å². The number of benzene rings is 1. The van der Waals surface area contributed by atoms with Crippen molar-refractivity contribution < 1.29 is 19.0 Å². The number of hydrogen-bond acceptors (Lipinski definition) is 5. The van der Waals surface area contributed by atoms with Crippen LogP contribution in [0.2, 0.25) is 0 Å². The first-order valence-corrected chi connectivity index (χ1v) is 9.36. The number of rotatable bonds is 9. The van der Waals surface area contributed by atoms with Crippen LogP contribution in [0.15, 0.2) is 17.1 Å². The van der Waals surface area contributed by atoms with Gasteiger partial charge < -0.3 is 30.2 Å². The summed E-state index contributed by atoms with van der Waals surface area (Å²) in [6.45, 7) is 9.17. The molecule has 0 aliphatic rings. The number of nitrogens with zero attached hydrogens (tertiary/aromatic N) is 1. The van der Waals surface area contributed by atoms with Crippen molar-refractivity contribution in [3.05, 3.63) is 17.7 Å². The highest BCUT2D eigenvalue weighted by Crippen LogP contribution is 2.39. The van der Waals surface area contributed by atoms with E-state index in [1.54, 1.807) is 21.3 Å². The van der Waals surface area contributed by atoms with Crippen molar-refractivity contribution in [1.82, 2.24) is 16.0 Å². The van der Waals surface area contributed by atoms with Gasteiger partial charge in [0, 0.05) is 24.2 Å². The highest BCUT2D eigenvalue weighted by atomic mass is 127. The Hall–Kier alpha value is -1.91. The van der Waals surface area contributed by atoms with E-state index in [0.29, 0.717) is 42.7 Å². The van der Waals surface area contributed by atoms with Crippen molar-refractivity contribution >= 4 is 35.8 Å². The Bertz CT molecular complexity index is 675. The molecule has 0 unspecified atom stereocenters. The van der Waals surface area contributed by atoms with E-state index in [2.05, 4.69) is 20.9 Å². The van der Waals surface area contributed by atoms with Crippen molar-refractivity contribution in [2.45, 2.75) is 39.7 Å². The molecule has 29 heavy (non-hydrogen) atoms. The molecule has 8 nitrogen and oxygen atoms in total. The lowest BCUT2D eigenvalue weighted by atomic mass is 10.1. The van der Waals surface area contributed by atoms with Crippen molar-refractivity contribution in [3.8, 4) is 17.2 Å². The van der Waals surface area contributed by atoms with Gasteiger partial charge in [0.2, 0.25) is 11.7 Å². The topological polar surface area (TPSA) is 93.2 Å². The van der Waals surface area contributed by atoms with Crippen LogP contribution < -0.4 is 30.2 Å². The van der Waals surface area contributed by atoms with Crippen LogP contribution in [0, 0.1) is 0 Å². The van der Waals surface area contributed by atoms with Gasteiger partial charge in [-0.1, -0.05) is 6.07 Å². The maximum absolute atomic E-state index is 12.0. The van der Waals surface area contributed by atoms with E-state index < -0.39 is 0 Å². The zero-order valence-electron chi connectivity index (χ0n) is 18.5. The number of nitrogens with one attached hydrogen (secondary N) is 3. The Morgan fingerprint density at radius 3 is 2.21 bits per heavy atom. The van der Waals surface area contributed by atoms with Crippen LogP contribution in [-0.2, 0) is 11.2 Å². The van der Waals surface area contributed by atoms with Gasteiger partial charge in [0.1, 0.15) is 6.54 Å². The summed E-state index contributed by atoms with van der Waals surface area (Å²) >= 11 is 0. The van der Waals surface area contributed by atoms with E-state index in [1.807, 2.05) is 39.8 Å². The lowest BCUT2D eigenvalue weighted by Gasteiger charge is -2.20. The Balaban J connectivity index is 0.00000784. The molecule has 0 saturated heterocycles. The van der Waals surface area contributed by atoms with Crippen molar-refractivity contribution in [1.29, 1.82) is 0 Å². The van der Waals surface area contributed by atoms with E-state index in [0.717, 1.165) is 5.56 Å². The summed E-state index contributed by atoms with van der Waals surface area (Å²) in [5, 5.41) is 9.27. The minimum absolute atomic E-state index is 0. The van der Waals surface area contributed by atoms with E-state index in [-0.39, 0.29) is 42.0 Å². The van der Waals surface area contributed by atoms with Gasteiger partial charge >= 0.3 is 0 Å². The summed E-state index contributed by atoms with van der Waals surface area (Å²) in [5.74, 6) is 2.31. The molecule has 0 aliphatic carbocycles. The van der Waals surface area contributed by atoms with Crippen LogP contribution in [0.25, 0.3) is 0 Å². The van der Waals surface area contributed by atoms with Crippen LogP contribution in [0.4, 0.5) is 0 Å². The molecule has 1 rings (SSSR count). The molecular weight excluding hydrogens is 487 g/mol. The molecule has 0 aromatic heterocycles. The molecule has 1 aromatic carbocycles. The highest BCUT2D eigenvalue weighted by molar-refractivity contribution is 14.0. The van der Waals surface area contributed by atoms with Gasteiger partial charge in [0.05, 0.1) is 21.3 Å². The fourth-order valence-corrected chi connectivity index (χ4v) is 2.63. The number of hydrogen-bond donors (Lipinski definition) is 3. The number of halogens is 1. The Kier molecular flexibility index (Phi) is 12.5. The first-order valence-electron chi connectivity index (χ1n) is 9.36. The third kappa shape index (κ3) is 9.42. The zero-order chi connectivity index (χ0) is 21.2. The number of carbonyl (C=O) groups is 1. The van der Waals surface area contributed by atoms with Gasteiger partial charge in [-0.3, -0.25) is 4.79 Å². The summed E-state index contributed by atoms with van der Waals surface area (Å²) in [4.78, 5) is 16.3. The summed E-state index contributed by atoms with van der Waals surface area (Å²) in [7, 11) is 4.78. The van der Waals surface area contributed by atoms with E-state index in [9.17, 15) is 4.79 Å². The number of carbonyl (C=O) groups excluding carboxylic acids is 1. The van der Waals surface area contributed by atoms with Gasteiger partial charge in [0.15, 0.2) is 17.5 Å². The lowest BCUT2D eigenvalue weighted by Crippen LogP contribution is -2.43. The molecule has 0 aliphatic heterocycles. The maximum atomic E-state index is 12.0. The first kappa shape index (κ1) is 27.1. The molecule has 3 N–H and O–H groups in total. The zero-order valence-corrected chi connectivity index (χ0v) is 20.8. The average Bonchev–Trinajstić information content (AvgIpc) is 2.63. The lowest BCUT2D eigenvalue weighted by molar-refractivity contribution is -0.121. The van der Waals surface area contributed by atoms with Gasteiger partial charge in [0.25, 0.3) is 0 Å². The van der Waals surface area contributed by atoms with Gasteiger partial charge in [-0.2, -0.15) is 0 Å². The molecular formula is C20H35IN4O4. The predicted octanol–water partition coefficient (Wildman–Crippen LogP) is 2.34. The van der Waals surface area contributed by atoms with Crippen molar-refractivity contribution in [2.75, 3.05) is 41.0 Å². The molecule has 166 valence electrons. The molecule has 0 fully saturated rings. The average molecular weight is 522 g/mol. The number of ether oxygens (including phenoxy) is 3. The second-order valence-electron chi connectivity index (χ2n) is 7.16. The normalized spacial score (nSPS) is 11.2. The molecule has 0 saturated carbocycles. The molecule has 0 spiro atoms. The Morgan fingerprint density at radius 2 is 1.69 bits per heavy atom. The molecule has 0 radical (unpaired) electrons. The first-order chi connectivity index (χ1) is 13.3. The van der Waals surface area contributed by atoms with Crippen LogP contribution in [0.3, 0.4) is 0 Å². The minimum atomic E-state index is -0.275. The number of methoxy groups -OCH3 is 3. The summed E-state index contributed by atoms with van der Waals surface area (Å²) in [6.07, 6.45) is 0.683. The molecule has 9 heteroatoms. The van der Waals surface area contributed by atoms with Gasteiger partial charge in [-0.25, -0.2) is 4.99 Å². The maximum Gasteiger partial charge on any atom is 0.242 e. The molecule has 0 atom stereocenters. The molecule has 0 bridgehead atoms. The number of guanidine groups is 1. The smallest absolute Gasteiger partial charge is 0.242 e. The van der Waals surface area contributed by atoms with Crippen molar-refractivity contribution in [3.63, 3.8) is 0 Å². The Labute approximate surface area is 191 Å². The van der Waals surface area contributed by atoms with Crippen LogP contribution in [0.5, 0.6) is 17.2 Å². The minimum Gasteiger partial charge on any atom is -0.493 e. The van der Waals surface area contributed by atoms with E-state index in [1.165, 1.54) is 0 Å². The quantitative estimate of drug-likeness (QED) is 0.262. The summed E-state index contributed by atoms with van der Waals surface area (Å²) in [6, 6.07) is 3.80. The van der Waals surface area contributed by atoms with Crippen LogP contribution in [0.1, 0.15) is 33.3 Å². The second-order valence-corrected chi connectivity index (χ2v) is 7.16. The number of amides is 1. The fourth-order valence-electron chi connectivity index (χ4n) is 2.63. The summed E-state index contributed by atoms with van der Waals surface area (Å²) < 4.78 is 16.2. The monoisotopic (exact) mass is 522 g/mol. The predicted molar refractivity (Wildman–Crippen MR) is 127 cm³/mol. The van der Waals surface area contributed by atoms with E-state index in [4.69, 9.17) is 14.2 Å². The molecule has 1 aromatic rings. The summed E-state index contributed by atoms with van der Waals surface area (Å²) in [5.41, 5.74) is 0.705. The SMILES string of the molecule is CCNC(=NCC(=O)NC(C)(C)C)NCCc1ccc(OC)c(OC)c1OC.I. The third-order valence-corrected chi connectivity index (χ3v) is 3.71. The molecule has 1 amide bonds. The van der Waals surface area contributed by atoms with E-state index >= 15 is 0 Å². The largest absolute Gasteiger partial charge is 0.493 e. The fraction of sp³-hybridized carbons (Fsp3) is 0.600. The number of aliphatic imine (C=N–C) groups is 1. The van der Waals surface area contributed by atoms with Gasteiger partial charge in [-0.15, -0.1) is 24.0 Å². The Morgan fingerprint density at radius 1 is 1.03 bits per heavy atom. The highest BCUT2D eigenvalue weighted by Gasteiger charge is 2.16. The van der Waals surface area contributed by atoms with Gasteiger partial charge in [-0.05, 0) is 40.2 Å². The standard InChI is InChI=1S/C20H34N4O4.HI/c1-8-21-19(23-13-16(25)24-20(2,3)4)22-12-11-14-9-10-15(26-5)18(28-7)17(14)27-6;/h9-10H,8,11-13H2,1-7H3,(H,24,25)(H2,21,22,23);1H. The second kappa shape index (κ2) is 13.3. The molecule has 0 heterocycles. The van der Waals surface area contributed by atoms with Crippen LogP contribution in [-0.4, -0.2) is 58.4 Å².